The van der Waals surface area contributed by atoms with Gasteiger partial charge in [0.2, 0.25) is 0 Å². The average Bonchev–Trinajstić information content (AvgIpc) is 3.41. The number of urea groups is 1. The SMILES string of the molecule is Cc1ccc(NC(=O)N[C@@H](CCC(C)C)c2c(-n3cccc3)sc3c2CCN(C)C3)cc1C. The molecule has 0 spiro atoms. The van der Waals surface area contributed by atoms with Crippen LogP contribution in [-0.4, -0.2) is 29.1 Å². The summed E-state index contributed by atoms with van der Waals surface area (Å²) >= 11 is 1.87. The van der Waals surface area contributed by atoms with Crippen LogP contribution < -0.4 is 10.6 Å². The van der Waals surface area contributed by atoms with Gasteiger partial charge in [-0.25, -0.2) is 4.79 Å². The van der Waals surface area contributed by atoms with Crippen molar-refractivity contribution in [3.63, 3.8) is 0 Å². The van der Waals surface area contributed by atoms with Gasteiger partial charge in [-0.15, -0.1) is 11.3 Å². The number of aromatic nitrogens is 1. The normalized spacial score (nSPS) is 14.8. The van der Waals surface area contributed by atoms with E-state index >= 15 is 0 Å². The van der Waals surface area contributed by atoms with Gasteiger partial charge in [-0.05, 0) is 87.0 Å². The highest BCUT2D eigenvalue weighted by Gasteiger charge is 2.29. The van der Waals surface area contributed by atoms with E-state index in [1.54, 1.807) is 0 Å². The molecule has 2 aromatic heterocycles. The minimum Gasteiger partial charge on any atom is -0.331 e. The Morgan fingerprint density at radius 3 is 2.58 bits per heavy atom. The number of amides is 2. The van der Waals surface area contributed by atoms with Gasteiger partial charge in [0.05, 0.1) is 6.04 Å². The van der Waals surface area contributed by atoms with Crippen LogP contribution in [0.15, 0.2) is 42.7 Å². The minimum absolute atomic E-state index is 0.0280. The first-order chi connectivity index (χ1) is 15.8. The molecule has 0 saturated carbocycles. The Morgan fingerprint density at radius 1 is 1.12 bits per heavy atom. The molecule has 5 nitrogen and oxygen atoms in total. The minimum atomic E-state index is -0.140. The predicted molar refractivity (Wildman–Crippen MR) is 139 cm³/mol. The van der Waals surface area contributed by atoms with Crippen molar-refractivity contribution in [1.82, 2.24) is 14.8 Å². The molecule has 0 bridgehead atoms. The molecule has 0 fully saturated rings. The van der Waals surface area contributed by atoms with Gasteiger partial charge >= 0.3 is 6.03 Å². The fourth-order valence-electron chi connectivity index (χ4n) is 4.50. The second kappa shape index (κ2) is 10.1. The van der Waals surface area contributed by atoms with Crippen LogP contribution in [0.4, 0.5) is 10.5 Å². The zero-order valence-corrected chi connectivity index (χ0v) is 21.3. The third-order valence-corrected chi connectivity index (χ3v) is 7.81. The summed E-state index contributed by atoms with van der Waals surface area (Å²) in [5.74, 6) is 0.577. The zero-order chi connectivity index (χ0) is 23.5. The number of anilines is 1. The molecule has 3 heterocycles. The van der Waals surface area contributed by atoms with E-state index in [1.165, 1.54) is 32.1 Å². The van der Waals surface area contributed by atoms with Crippen LogP contribution in [0, 0.1) is 19.8 Å². The van der Waals surface area contributed by atoms with E-state index < -0.39 is 0 Å². The molecule has 4 rings (SSSR count). The highest BCUT2D eigenvalue weighted by Crippen LogP contribution is 2.40. The Morgan fingerprint density at radius 2 is 1.88 bits per heavy atom. The van der Waals surface area contributed by atoms with Crippen LogP contribution in [-0.2, 0) is 13.0 Å². The zero-order valence-electron chi connectivity index (χ0n) is 20.4. The molecule has 0 unspecified atom stereocenters. The molecule has 2 amide bonds. The van der Waals surface area contributed by atoms with Gasteiger partial charge in [0.15, 0.2) is 0 Å². The number of carbonyl (C=O) groups excluding carboxylic acids is 1. The number of nitrogens with zero attached hydrogens (tertiary/aromatic N) is 2. The van der Waals surface area contributed by atoms with Gasteiger partial charge in [-0.3, -0.25) is 0 Å². The van der Waals surface area contributed by atoms with E-state index in [0.29, 0.717) is 5.92 Å². The third kappa shape index (κ3) is 5.50. The van der Waals surface area contributed by atoms with Crippen LogP contribution >= 0.6 is 11.3 Å². The first-order valence-electron chi connectivity index (χ1n) is 11.9. The molecule has 2 N–H and O–H groups in total. The van der Waals surface area contributed by atoms with Crippen molar-refractivity contribution in [2.75, 3.05) is 18.9 Å². The van der Waals surface area contributed by atoms with E-state index in [4.69, 9.17) is 0 Å². The van der Waals surface area contributed by atoms with Crippen LogP contribution in [0.3, 0.4) is 0 Å². The molecular formula is C27H36N4OS. The number of thiophene rings is 1. The maximum absolute atomic E-state index is 13.1. The maximum atomic E-state index is 13.1. The second-order valence-corrected chi connectivity index (χ2v) is 10.8. The number of fused-ring (bicyclic) bond motifs is 1. The molecule has 1 aliphatic heterocycles. The molecule has 0 saturated heterocycles. The van der Waals surface area contributed by atoms with Crippen LogP contribution in [0.5, 0.6) is 0 Å². The van der Waals surface area contributed by atoms with Crippen molar-refractivity contribution < 1.29 is 4.79 Å². The summed E-state index contributed by atoms with van der Waals surface area (Å²) in [5, 5.41) is 7.66. The second-order valence-electron chi connectivity index (χ2n) is 9.72. The largest absolute Gasteiger partial charge is 0.331 e. The first kappa shape index (κ1) is 23.6. The van der Waals surface area contributed by atoms with Crippen molar-refractivity contribution in [1.29, 1.82) is 0 Å². The number of rotatable bonds is 7. The van der Waals surface area contributed by atoms with Crippen LogP contribution in [0.25, 0.3) is 5.00 Å². The van der Waals surface area contributed by atoms with Crippen molar-refractivity contribution >= 4 is 23.1 Å². The van der Waals surface area contributed by atoms with Crippen molar-refractivity contribution in [3.05, 3.63) is 69.9 Å². The van der Waals surface area contributed by atoms with Crippen LogP contribution in [0.1, 0.15) is 59.9 Å². The lowest BCUT2D eigenvalue weighted by Gasteiger charge is -2.26. The molecule has 1 atom stereocenters. The van der Waals surface area contributed by atoms with Gasteiger partial charge in [0.1, 0.15) is 5.00 Å². The summed E-state index contributed by atoms with van der Waals surface area (Å²) in [6.45, 7) is 10.7. The lowest BCUT2D eigenvalue weighted by molar-refractivity contribution is 0.247. The Balaban J connectivity index is 1.66. The van der Waals surface area contributed by atoms with E-state index in [9.17, 15) is 4.79 Å². The lowest BCUT2D eigenvalue weighted by atomic mass is 9.92. The molecule has 176 valence electrons. The number of carbonyl (C=O) groups is 1. The van der Waals surface area contributed by atoms with Gasteiger partial charge in [-0.1, -0.05) is 19.9 Å². The molecule has 3 aromatic rings. The predicted octanol–water partition coefficient (Wildman–Crippen LogP) is 6.44. The van der Waals surface area contributed by atoms with E-state index in [0.717, 1.165) is 38.0 Å². The summed E-state index contributed by atoms with van der Waals surface area (Å²) < 4.78 is 2.21. The number of hydrogen-bond acceptors (Lipinski definition) is 3. The fraction of sp³-hybridized carbons (Fsp3) is 0.444. The molecule has 33 heavy (non-hydrogen) atoms. The summed E-state index contributed by atoms with van der Waals surface area (Å²) in [6.07, 6.45) is 7.23. The molecule has 0 aliphatic carbocycles. The van der Waals surface area contributed by atoms with E-state index in [1.807, 2.05) is 23.5 Å². The summed E-state index contributed by atoms with van der Waals surface area (Å²) in [5.41, 5.74) is 5.96. The summed E-state index contributed by atoms with van der Waals surface area (Å²) in [4.78, 5) is 16.9. The first-order valence-corrected chi connectivity index (χ1v) is 12.7. The Labute approximate surface area is 201 Å². The lowest BCUT2D eigenvalue weighted by Crippen LogP contribution is -2.34. The average molecular weight is 465 g/mol. The highest BCUT2D eigenvalue weighted by molar-refractivity contribution is 7.15. The number of nitrogens with one attached hydrogen (secondary N) is 2. The molecule has 1 aliphatic rings. The summed E-state index contributed by atoms with van der Waals surface area (Å²) in [7, 11) is 2.18. The monoisotopic (exact) mass is 464 g/mol. The maximum Gasteiger partial charge on any atom is 0.319 e. The standard InChI is InChI=1S/C27H36N4OS/c1-18(2)8-11-23(29-27(32)28-21-10-9-19(3)20(4)16-21)25-22-12-15-30(5)17-24(22)33-26(25)31-13-6-7-14-31/h6-7,9-10,13-14,16,18,23H,8,11-12,15,17H2,1-5H3,(H2,28,29,32)/t23-/m0/s1. The van der Waals surface area contributed by atoms with Gasteiger partial charge in [0.25, 0.3) is 0 Å². The van der Waals surface area contributed by atoms with Crippen molar-refractivity contribution in [3.8, 4) is 5.00 Å². The van der Waals surface area contributed by atoms with E-state index in [-0.39, 0.29) is 12.1 Å². The number of hydrogen-bond donors (Lipinski definition) is 2. The molecule has 1 aromatic carbocycles. The van der Waals surface area contributed by atoms with Crippen LogP contribution in [0.2, 0.25) is 0 Å². The van der Waals surface area contributed by atoms with E-state index in [2.05, 4.69) is 85.4 Å². The van der Waals surface area contributed by atoms with Gasteiger partial charge in [-0.2, -0.15) is 0 Å². The Kier molecular flexibility index (Phi) is 7.25. The molecule has 0 radical (unpaired) electrons. The number of benzene rings is 1. The molecular weight excluding hydrogens is 428 g/mol. The highest BCUT2D eigenvalue weighted by atomic mass is 32.1. The summed E-state index contributed by atoms with van der Waals surface area (Å²) in [6, 6.07) is 10.0. The fourth-order valence-corrected chi connectivity index (χ4v) is 5.95. The van der Waals surface area contributed by atoms with Crippen molar-refractivity contribution in [2.45, 2.75) is 59.5 Å². The Hall–Kier alpha value is -2.57. The third-order valence-electron chi connectivity index (χ3n) is 6.56. The Bertz CT molecular complexity index is 1100. The number of likely N-dealkylation sites (N-methyl/N-ethyl adjacent to an activating group) is 1. The van der Waals surface area contributed by atoms with Crippen molar-refractivity contribution in [2.24, 2.45) is 5.92 Å². The van der Waals surface area contributed by atoms with Gasteiger partial charge < -0.3 is 20.1 Å². The smallest absolute Gasteiger partial charge is 0.319 e. The van der Waals surface area contributed by atoms with Gasteiger partial charge in [0, 0.05) is 41.6 Å². The topological polar surface area (TPSA) is 49.3 Å². The quantitative estimate of drug-likeness (QED) is 0.422. The molecule has 6 heteroatoms. The number of aryl methyl sites for hydroxylation is 2.